The number of rotatable bonds is 8. The van der Waals surface area contributed by atoms with Crippen molar-refractivity contribution in [3.63, 3.8) is 0 Å². The summed E-state index contributed by atoms with van der Waals surface area (Å²) in [5.41, 5.74) is 1.05. The van der Waals surface area contributed by atoms with Crippen molar-refractivity contribution in [2.45, 2.75) is 108 Å². The maximum Gasteiger partial charge on any atom is 0.0882 e. The molecule has 2 heteroatoms. The Labute approximate surface area is 188 Å². The van der Waals surface area contributed by atoms with Crippen molar-refractivity contribution in [1.29, 1.82) is 0 Å². The zero-order valence-electron chi connectivity index (χ0n) is 22.7. The molecule has 0 fully saturated rings. The third kappa shape index (κ3) is 5.19. The van der Waals surface area contributed by atoms with Crippen LogP contribution in [0.5, 0.6) is 0 Å². The van der Waals surface area contributed by atoms with E-state index in [0.29, 0.717) is 0 Å². The van der Waals surface area contributed by atoms with Crippen LogP contribution in [0.4, 0.5) is 0 Å². The summed E-state index contributed by atoms with van der Waals surface area (Å²) in [4.78, 5) is 0. The van der Waals surface area contributed by atoms with Gasteiger partial charge in [0.2, 0.25) is 0 Å². The standard InChI is InChI=1S/2C14H26O/c2*1-10(2)12(5,6)13(7,8)14(9,15)11(3)4/h2*15H,1,3H2,2,4-9H3/t2*14-/m10/s1. The van der Waals surface area contributed by atoms with Gasteiger partial charge in [0.05, 0.1) is 11.2 Å². The fraction of sp³-hybridized carbons (Fsp3) is 0.714. The summed E-state index contributed by atoms with van der Waals surface area (Å²) in [5.74, 6) is 0. The minimum atomic E-state index is -0.893. The molecule has 0 aromatic carbocycles. The van der Waals surface area contributed by atoms with Gasteiger partial charge < -0.3 is 10.2 Å². The molecule has 0 bridgehead atoms. The lowest BCUT2D eigenvalue weighted by molar-refractivity contribution is -0.0740. The lowest BCUT2D eigenvalue weighted by Crippen LogP contribution is -2.51. The molecular formula is C28H52O2. The SMILES string of the molecule is C=C(C)C(C)(C)C(C)(C)[C@@](C)(O)C(=C)C.C=C(C)C(C)(C)C(C)(C)[C@](C)(O)C(=C)C. The summed E-state index contributed by atoms with van der Waals surface area (Å²) in [5, 5.41) is 21.1. The highest BCUT2D eigenvalue weighted by Crippen LogP contribution is 2.53. The lowest BCUT2D eigenvalue weighted by atomic mass is 9.55. The van der Waals surface area contributed by atoms with Crippen molar-refractivity contribution in [1.82, 2.24) is 0 Å². The molecule has 0 heterocycles. The van der Waals surface area contributed by atoms with Crippen molar-refractivity contribution < 1.29 is 10.2 Å². The molecule has 30 heavy (non-hydrogen) atoms. The van der Waals surface area contributed by atoms with E-state index in [1.54, 1.807) is 0 Å². The van der Waals surface area contributed by atoms with E-state index in [1.165, 1.54) is 0 Å². The van der Waals surface area contributed by atoms with E-state index in [0.717, 1.165) is 22.3 Å². The van der Waals surface area contributed by atoms with Crippen LogP contribution in [0.25, 0.3) is 0 Å². The molecule has 0 aromatic heterocycles. The average Bonchev–Trinajstić information content (AvgIpc) is 2.53. The van der Waals surface area contributed by atoms with Gasteiger partial charge in [-0.1, -0.05) is 92.9 Å². The van der Waals surface area contributed by atoms with Crippen molar-refractivity contribution >= 4 is 0 Å². The molecule has 0 aliphatic heterocycles. The number of hydrogen-bond acceptors (Lipinski definition) is 2. The third-order valence-electron chi connectivity index (χ3n) is 9.35. The van der Waals surface area contributed by atoms with Crippen LogP contribution >= 0.6 is 0 Å². The minimum Gasteiger partial charge on any atom is -0.385 e. The maximum absolute atomic E-state index is 10.6. The molecule has 0 amide bonds. The molecule has 0 aliphatic carbocycles. The molecule has 0 aliphatic rings. The van der Waals surface area contributed by atoms with Gasteiger partial charge in [-0.3, -0.25) is 0 Å². The summed E-state index contributed by atoms with van der Waals surface area (Å²) in [6.07, 6.45) is 0. The van der Waals surface area contributed by atoms with Crippen LogP contribution in [0.1, 0.15) is 96.9 Å². The Balaban J connectivity index is 0. The first kappa shape index (κ1) is 31.1. The normalized spacial score (nSPS) is 17.1. The monoisotopic (exact) mass is 420 g/mol. The first-order chi connectivity index (χ1) is 12.8. The predicted molar refractivity (Wildman–Crippen MR) is 136 cm³/mol. The van der Waals surface area contributed by atoms with Crippen LogP contribution in [0.15, 0.2) is 48.6 Å². The van der Waals surface area contributed by atoms with E-state index >= 15 is 0 Å². The van der Waals surface area contributed by atoms with E-state index in [4.69, 9.17) is 0 Å². The van der Waals surface area contributed by atoms with Gasteiger partial charge in [0.25, 0.3) is 0 Å². The second-order valence-corrected chi connectivity index (χ2v) is 11.8. The smallest absolute Gasteiger partial charge is 0.0882 e. The highest BCUT2D eigenvalue weighted by molar-refractivity contribution is 5.23. The van der Waals surface area contributed by atoms with Crippen LogP contribution in [-0.2, 0) is 0 Å². The van der Waals surface area contributed by atoms with Crippen LogP contribution in [-0.4, -0.2) is 21.4 Å². The summed E-state index contributed by atoms with van der Waals surface area (Å²) in [6.45, 7) is 44.0. The van der Waals surface area contributed by atoms with Gasteiger partial charge in [-0.25, -0.2) is 0 Å². The van der Waals surface area contributed by atoms with Gasteiger partial charge in [0.15, 0.2) is 0 Å². The first-order valence-electron chi connectivity index (χ1n) is 10.9. The van der Waals surface area contributed by atoms with Gasteiger partial charge >= 0.3 is 0 Å². The molecule has 0 saturated heterocycles. The van der Waals surface area contributed by atoms with E-state index in [1.807, 2.05) is 41.5 Å². The largest absolute Gasteiger partial charge is 0.385 e. The number of aliphatic hydroxyl groups is 2. The van der Waals surface area contributed by atoms with Crippen LogP contribution in [0.3, 0.4) is 0 Å². The summed E-state index contributed by atoms with van der Waals surface area (Å²) < 4.78 is 0. The van der Waals surface area contributed by atoms with Crippen molar-refractivity contribution in [3.05, 3.63) is 48.6 Å². The Bertz CT molecular complexity index is 563. The summed E-state index contributed by atoms with van der Waals surface area (Å²) in [6, 6.07) is 0. The second-order valence-electron chi connectivity index (χ2n) is 11.8. The summed E-state index contributed by atoms with van der Waals surface area (Å²) >= 11 is 0. The highest BCUT2D eigenvalue weighted by atomic mass is 16.3. The fourth-order valence-corrected chi connectivity index (χ4v) is 3.35. The fourth-order valence-electron chi connectivity index (χ4n) is 3.35. The Morgan fingerprint density at radius 3 is 0.700 bits per heavy atom. The molecule has 2 N–H and O–H groups in total. The van der Waals surface area contributed by atoms with Crippen molar-refractivity contribution in [2.24, 2.45) is 21.7 Å². The van der Waals surface area contributed by atoms with Crippen LogP contribution in [0.2, 0.25) is 0 Å². The first-order valence-corrected chi connectivity index (χ1v) is 10.9. The predicted octanol–water partition coefficient (Wildman–Crippen LogP) is 7.88. The van der Waals surface area contributed by atoms with Gasteiger partial charge in [0.1, 0.15) is 0 Å². The highest BCUT2D eigenvalue weighted by Gasteiger charge is 2.51. The molecular weight excluding hydrogens is 368 g/mol. The number of hydrogen-bond donors (Lipinski definition) is 2. The quantitative estimate of drug-likeness (QED) is 0.392. The minimum absolute atomic E-state index is 0.143. The van der Waals surface area contributed by atoms with E-state index < -0.39 is 11.2 Å². The molecule has 0 unspecified atom stereocenters. The Hall–Kier alpha value is -1.12. The average molecular weight is 421 g/mol. The Kier molecular flexibility index (Phi) is 9.49. The second kappa shape index (κ2) is 9.17. The number of allylic oxidation sites excluding steroid dienone is 2. The lowest BCUT2D eigenvalue weighted by Gasteiger charge is -2.51. The Morgan fingerprint density at radius 1 is 0.433 bits per heavy atom. The zero-order chi connectivity index (χ0) is 25.3. The molecule has 0 saturated carbocycles. The molecule has 0 spiro atoms. The zero-order valence-corrected chi connectivity index (χ0v) is 22.7. The van der Waals surface area contributed by atoms with Gasteiger partial charge in [-0.15, -0.1) is 0 Å². The molecule has 2 nitrogen and oxygen atoms in total. The molecule has 0 radical (unpaired) electrons. The van der Waals surface area contributed by atoms with E-state index in [2.05, 4.69) is 81.7 Å². The third-order valence-corrected chi connectivity index (χ3v) is 9.35. The van der Waals surface area contributed by atoms with Gasteiger partial charge in [-0.2, -0.15) is 0 Å². The van der Waals surface area contributed by atoms with E-state index in [9.17, 15) is 10.2 Å². The molecule has 2 atom stereocenters. The van der Waals surface area contributed by atoms with Crippen molar-refractivity contribution in [3.8, 4) is 0 Å². The van der Waals surface area contributed by atoms with Crippen LogP contribution in [0, 0.1) is 21.7 Å². The topological polar surface area (TPSA) is 40.5 Å². The van der Waals surface area contributed by atoms with Gasteiger partial charge in [0, 0.05) is 10.8 Å². The van der Waals surface area contributed by atoms with Gasteiger partial charge in [-0.05, 0) is 63.5 Å². The maximum atomic E-state index is 10.6. The Morgan fingerprint density at radius 2 is 0.600 bits per heavy atom. The molecule has 0 rings (SSSR count). The molecule has 0 aromatic rings. The van der Waals surface area contributed by atoms with Crippen molar-refractivity contribution in [2.75, 3.05) is 0 Å². The summed E-state index contributed by atoms with van der Waals surface area (Å²) in [7, 11) is 0. The van der Waals surface area contributed by atoms with Crippen LogP contribution < -0.4 is 0 Å². The van der Waals surface area contributed by atoms with E-state index in [-0.39, 0.29) is 21.7 Å². The molecule has 176 valence electrons.